The molecular weight excluding hydrogens is 278 g/mol. The van der Waals surface area contributed by atoms with E-state index in [9.17, 15) is 4.79 Å². The fraction of sp³-hybridized carbons (Fsp3) is 0.882. The second-order valence-electron chi connectivity index (χ2n) is 5.71. The molecule has 0 saturated heterocycles. The van der Waals surface area contributed by atoms with Gasteiger partial charge in [0.15, 0.2) is 0 Å². The Labute approximate surface area is 136 Å². The zero-order valence-corrected chi connectivity index (χ0v) is 14.3. The molecule has 22 heavy (non-hydrogen) atoms. The van der Waals surface area contributed by atoms with Gasteiger partial charge in [0.2, 0.25) is 0 Å². The molecule has 0 heterocycles. The van der Waals surface area contributed by atoms with E-state index in [0.29, 0.717) is 6.42 Å². The maximum atomic E-state index is 10.3. The number of carboxylic acids is 1. The number of aliphatic imine (C=N–C) groups is 1. The summed E-state index contributed by atoms with van der Waals surface area (Å²) in [6, 6.07) is 0. The van der Waals surface area contributed by atoms with Gasteiger partial charge >= 0.3 is 5.97 Å². The lowest BCUT2D eigenvalue weighted by molar-refractivity contribution is -0.137. The fourth-order valence-electron chi connectivity index (χ4n) is 2.11. The van der Waals surface area contributed by atoms with E-state index in [-0.39, 0.29) is 0 Å². The van der Waals surface area contributed by atoms with Gasteiger partial charge in [-0.2, -0.15) is 0 Å². The summed E-state index contributed by atoms with van der Waals surface area (Å²) in [4.78, 5) is 14.7. The SMILES string of the molecule is CCCCNC=NCCCCCCNCCCCCC(=O)O. The number of hydrogen-bond acceptors (Lipinski definition) is 3. The molecule has 0 aliphatic carbocycles. The summed E-state index contributed by atoms with van der Waals surface area (Å²) < 4.78 is 0. The van der Waals surface area contributed by atoms with Crippen molar-refractivity contribution in [1.29, 1.82) is 0 Å². The number of nitrogens with one attached hydrogen (secondary N) is 2. The predicted molar refractivity (Wildman–Crippen MR) is 93.7 cm³/mol. The maximum absolute atomic E-state index is 10.3. The van der Waals surface area contributed by atoms with Gasteiger partial charge in [-0.05, 0) is 45.2 Å². The predicted octanol–water partition coefficient (Wildman–Crippen LogP) is 3.20. The average Bonchev–Trinajstić information content (AvgIpc) is 2.50. The summed E-state index contributed by atoms with van der Waals surface area (Å²) in [5.41, 5.74) is 0. The molecule has 5 heteroatoms. The minimum atomic E-state index is -0.686. The average molecular weight is 313 g/mol. The van der Waals surface area contributed by atoms with Crippen molar-refractivity contribution in [2.24, 2.45) is 4.99 Å². The van der Waals surface area contributed by atoms with E-state index in [1.807, 2.05) is 6.34 Å². The number of aliphatic carboxylic acids is 1. The van der Waals surface area contributed by atoms with Crippen LogP contribution >= 0.6 is 0 Å². The Balaban J connectivity index is 3.04. The quantitative estimate of drug-likeness (QED) is 0.219. The van der Waals surface area contributed by atoms with Crippen LogP contribution in [-0.4, -0.2) is 43.6 Å². The van der Waals surface area contributed by atoms with Crippen LogP contribution in [0.15, 0.2) is 4.99 Å². The highest BCUT2D eigenvalue weighted by Crippen LogP contribution is 2.00. The van der Waals surface area contributed by atoms with Crippen LogP contribution in [0.3, 0.4) is 0 Å². The van der Waals surface area contributed by atoms with Crippen molar-refractivity contribution >= 4 is 12.3 Å². The lowest BCUT2D eigenvalue weighted by Crippen LogP contribution is -2.16. The molecule has 0 aromatic rings. The normalized spacial score (nSPS) is 11.1. The molecule has 0 aromatic heterocycles. The summed E-state index contributed by atoms with van der Waals surface area (Å²) in [5.74, 6) is -0.686. The second kappa shape index (κ2) is 18.0. The van der Waals surface area contributed by atoms with Crippen LogP contribution < -0.4 is 10.6 Å². The van der Waals surface area contributed by atoms with Crippen molar-refractivity contribution in [2.45, 2.75) is 71.1 Å². The molecule has 0 fully saturated rings. The van der Waals surface area contributed by atoms with E-state index in [4.69, 9.17) is 5.11 Å². The molecule has 0 aliphatic heterocycles. The number of rotatable bonds is 17. The largest absolute Gasteiger partial charge is 0.481 e. The van der Waals surface area contributed by atoms with Crippen LogP contribution in [0.5, 0.6) is 0 Å². The third-order valence-corrected chi connectivity index (χ3v) is 3.49. The molecule has 0 aliphatic rings. The zero-order valence-electron chi connectivity index (χ0n) is 14.3. The number of hydrogen-bond donors (Lipinski definition) is 3. The molecule has 0 unspecified atom stereocenters. The van der Waals surface area contributed by atoms with Crippen molar-refractivity contribution in [1.82, 2.24) is 10.6 Å². The van der Waals surface area contributed by atoms with Crippen LogP contribution in [-0.2, 0) is 4.79 Å². The van der Waals surface area contributed by atoms with E-state index in [1.54, 1.807) is 0 Å². The summed E-state index contributed by atoms with van der Waals surface area (Å²) in [6.45, 7) is 6.22. The zero-order chi connectivity index (χ0) is 16.3. The minimum Gasteiger partial charge on any atom is -0.481 e. The standard InChI is InChI=1S/C17H35N3O2/c1-2-3-12-19-16-20-15-9-5-4-8-13-18-14-10-6-7-11-17(21)22/h16,18H,2-15H2,1H3,(H,19,20)(H,21,22). The first kappa shape index (κ1) is 20.9. The summed E-state index contributed by atoms with van der Waals surface area (Å²) in [5, 5.41) is 15.1. The van der Waals surface area contributed by atoms with Gasteiger partial charge < -0.3 is 15.7 Å². The van der Waals surface area contributed by atoms with Gasteiger partial charge in [0.25, 0.3) is 0 Å². The smallest absolute Gasteiger partial charge is 0.303 e. The Morgan fingerprint density at radius 1 is 0.955 bits per heavy atom. The molecule has 3 N–H and O–H groups in total. The van der Waals surface area contributed by atoms with E-state index in [1.165, 1.54) is 38.5 Å². The summed E-state index contributed by atoms with van der Waals surface area (Å²) >= 11 is 0. The van der Waals surface area contributed by atoms with Crippen LogP contribution in [0.4, 0.5) is 0 Å². The molecule has 130 valence electrons. The van der Waals surface area contributed by atoms with Gasteiger partial charge in [0.05, 0.1) is 6.34 Å². The molecule has 0 atom stereocenters. The van der Waals surface area contributed by atoms with Gasteiger partial charge in [-0.15, -0.1) is 0 Å². The Hall–Kier alpha value is -1.10. The molecule has 0 spiro atoms. The summed E-state index contributed by atoms with van der Waals surface area (Å²) in [6.07, 6.45) is 12.3. The topological polar surface area (TPSA) is 73.7 Å². The number of unbranched alkanes of at least 4 members (excludes halogenated alkanes) is 6. The lowest BCUT2D eigenvalue weighted by atomic mass is 10.2. The fourth-order valence-corrected chi connectivity index (χ4v) is 2.11. The number of nitrogens with zero attached hydrogens (tertiary/aromatic N) is 1. The van der Waals surface area contributed by atoms with Crippen molar-refractivity contribution < 1.29 is 9.90 Å². The monoisotopic (exact) mass is 313 g/mol. The Morgan fingerprint density at radius 3 is 2.32 bits per heavy atom. The first-order valence-electron chi connectivity index (χ1n) is 8.91. The van der Waals surface area contributed by atoms with E-state index in [0.717, 1.165) is 45.4 Å². The molecular formula is C17H35N3O2. The maximum Gasteiger partial charge on any atom is 0.303 e. The molecule has 0 rings (SSSR count). The van der Waals surface area contributed by atoms with Gasteiger partial charge in [0, 0.05) is 19.5 Å². The highest BCUT2D eigenvalue weighted by atomic mass is 16.4. The van der Waals surface area contributed by atoms with Gasteiger partial charge in [-0.1, -0.05) is 32.6 Å². The van der Waals surface area contributed by atoms with Crippen molar-refractivity contribution in [2.75, 3.05) is 26.2 Å². The van der Waals surface area contributed by atoms with E-state index >= 15 is 0 Å². The molecule has 5 nitrogen and oxygen atoms in total. The van der Waals surface area contributed by atoms with Gasteiger partial charge in [-0.3, -0.25) is 9.79 Å². The van der Waals surface area contributed by atoms with E-state index in [2.05, 4.69) is 22.5 Å². The Kier molecular flexibility index (Phi) is 17.1. The molecule has 0 bridgehead atoms. The van der Waals surface area contributed by atoms with Crippen molar-refractivity contribution in [3.05, 3.63) is 0 Å². The highest BCUT2D eigenvalue weighted by molar-refractivity contribution is 5.66. The van der Waals surface area contributed by atoms with Crippen LogP contribution in [0.2, 0.25) is 0 Å². The highest BCUT2D eigenvalue weighted by Gasteiger charge is 1.96. The minimum absolute atomic E-state index is 0.302. The molecule has 0 saturated carbocycles. The third kappa shape index (κ3) is 18.9. The van der Waals surface area contributed by atoms with E-state index < -0.39 is 5.97 Å². The Bertz CT molecular complexity index is 271. The first-order chi connectivity index (χ1) is 10.8. The van der Waals surface area contributed by atoms with Crippen LogP contribution in [0.25, 0.3) is 0 Å². The lowest BCUT2D eigenvalue weighted by Gasteiger charge is -2.04. The number of carboxylic acid groups (broad SMARTS) is 1. The van der Waals surface area contributed by atoms with Crippen molar-refractivity contribution in [3.63, 3.8) is 0 Å². The van der Waals surface area contributed by atoms with Gasteiger partial charge in [-0.25, -0.2) is 0 Å². The molecule has 0 aromatic carbocycles. The van der Waals surface area contributed by atoms with Crippen molar-refractivity contribution in [3.8, 4) is 0 Å². The van der Waals surface area contributed by atoms with Crippen LogP contribution in [0, 0.1) is 0 Å². The first-order valence-corrected chi connectivity index (χ1v) is 8.91. The van der Waals surface area contributed by atoms with Gasteiger partial charge in [0.1, 0.15) is 0 Å². The van der Waals surface area contributed by atoms with Crippen LogP contribution in [0.1, 0.15) is 71.1 Å². The summed E-state index contributed by atoms with van der Waals surface area (Å²) in [7, 11) is 0. The molecule has 0 amide bonds. The third-order valence-electron chi connectivity index (χ3n) is 3.49. The second-order valence-corrected chi connectivity index (χ2v) is 5.71. The Morgan fingerprint density at radius 2 is 1.64 bits per heavy atom. The molecule has 0 radical (unpaired) electrons. The number of carbonyl (C=O) groups is 1.